The molecule has 0 heterocycles. The molecular formula is C17H27N. The van der Waals surface area contributed by atoms with E-state index in [2.05, 4.69) is 58.6 Å². The van der Waals surface area contributed by atoms with Crippen LogP contribution in [0, 0.1) is 26.7 Å². The van der Waals surface area contributed by atoms with E-state index in [1.807, 2.05) is 0 Å². The summed E-state index contributed by atoms with van der Waals surface area (Å²) in [6.07, 6.45) is 2.45. The monoisotopic (exact) mass is 245 g/mol. The minimum atomic E-state index is 0.743. The molecule has 18 heavy (non-hydrogen) atoms. The molecule has 0 aromatic heterocycles. The molecule has 0 aliphatic carbocycles. The summed E-state index contributed by atoms with van der Waals surface area (Å²) >= 11 is 0. The highest BCUT2D eigenvalue weighted by molar-refractivity contribution is 5.66. The van der Waals surface area contributed by atoms with Crippen molar-refractivity contribution in [2.45, 2.75) is 47.5 Å². The molecule has 0 saturated carbocycles. The van der Waals surface area contributed by atoms with Gasteiger partial charge < -0.3 is 5.32 Å². The van der Waals surface area contributed by atoms with Gasteiger partial charge in [0.05, 0.1) is 0 Å². The Labute approximate surface area is 112 Å². The first-order valence-corrected chi connectivity index (χ1v) is 7.00. The smallest absolute Gasteiger partial charge is 0.0343 e. The van der Waals surface area contributed by atoms with Gasteiger partial charge in [-0.05, 0) is 43.9 Å². The van der Waals surface area contributed by atoms with E-state index in [0.717, 1.165) is 18.2 Å². The highest BCUT2D eigenvalue weighted by Crippen LogP contribution is 2.21. The van der Waals surface area contributed by atoms with Crippen molar-refractivity contribution in [2.75, 3.05) is 6.54 Å². The van der Waals surface area contributed by atoms with Gasteiger partial charge in [-0.1, -0.05) is 44.9 Å². The fourth-order valence-electron chi connectivity index (χ4n) is 2.29. The lowest BCUT2D eigenvalue weighted by Crippen LogP contribution is -2.21. The van der Waals surface area contributed by atoms with Gasteiger partial charge in [-0.2, -0.15) is 0 Å². The predicted molar refractivity (Wildman–Crippen MR) is 81.8 cm³/mol. The van der Waals surface area contributed by atoms with Crippen molar-refractivity contribution in [1.82, 2.24) is 5.32 Å². The van der Waals surface area contributed by atoms with Crippen LogP contribution in [-0.4, -0.2) is 6.54 Å². The van der Waals surface area contributed by atoms with Crippen LogP contribution in [0.2, 0.25) is 0 Å². The Morgan fingerprint density at radius 2 is 1.78 bits per heavy atom. The van der Waals surface area contributed by atoms with E-state index < -0.39 is 0 Å². The topological polar surface area (TPSA) is 12.0 Å². The molecule has 1 aromatic rings. The van der Waals surface area contributed by atoms with Crippen LogP contribution in [0.1, 0.15) is 48.9 Å². The predicted octanol–water partition coefficient (Wildman–Crippen LogP) is 4.61. The van der Waals surface area contributed by atoms with E-state index in [1.165, 1.54) is 35.1 Å². The Morgan fingerprint density at radius 3 is 2.33 bits per heavy atom. The van der Waals surface area contributed by atoms with Crippen molar-refractivity contribution in [1.29, 1.82) is 0 Å². The molecule has 1 rings (SSSR count). The van der Waals surface area contributed by atoms with Crippen LogP contribution in [-0.2, 0) is 0 Å². The molecular weight excluding hydrogens is 218 g/mol. The van der Waals surface area contributed by atoms with Gasteiger partial charge in [0.2, 0.25) is 0 Å². The average Bonchev–Trinajstić information content (AvgIpc) is 2.34. The molecule has 1 aromatic carbocycles. The van der Waals surface area contributed by atoms with E-state index in [9.17, 15) is 0 Å². The van der Waals surface area contributed by atoms with Crippen molar-refractivity contribution in [3.63, 3.8) is 0 Å². The molecule has 100 valence electrons. The van der Waals surface area contributed by atoms with Crippen LogP contribution in [0.3, 0.4) is 0 Å². The number of hydrogen-bond acceptors (Lipinski definition) is 1. The molecule has 1 nitrogen and oxygen atoms in total. The number of nitrogens with one attached hydrogen (secondary N) is 1. The van der Waals surface area contributed by atoms with Crippen LogP contribution >= 0.6 is 0 Å². The van der Waals surface area contributed by atoms with Gasteiger partial charge in [0.15, 0.2) is 0 Å². The molecule has 1 heteroatoms. The molecule has 0 fully saturated rings. The third-order valence-electron chi connectivity index (χ3n) is 3.90. The maximum atomic E-state index is 4.20. The van der Waals surface area contributed by atoms with Crippen molar-refractivity contribution in [2.24, 2.45) is 5.92 Å². The van der Waals surface area contributed by atoms with Gasteiger partial charge in [-0.25, -0.2) is 0 Å². The number of rotatable bonds is 6. The summed E-state index contributed by atoms with van der Waals surface area (Å²) in [6, 6.07) is 4.46. The first-order valence-electron chi connectivity index (χ1n) is 7.00. The second-order valence-electron chi connectivity index (χ2n) is 5.30. The second kappa shape index (κ2) is 6.63. The Bertz CT molecular complexity index is 414. The standard InChI is InChI=1S/C17H27N/c1-7-16(8-2)11-18-15(6)17-10-12(3)9-13(4)14(17)5/h9-10,16,18H,6-8,11H2,1-5H3. The van der Waals surface area contributed by atoms with E-state index in [1.54, 1.807) is 0 Å². The summed E-state index contributed by atoms with van der Waals surface area (Å²) < 4.78 is 0. The first-order chi connectivity index (χ1) is 8.49. The highest BCUT2D eigenvalue weighted by Gasteiger charge is 2.08. The van der Waals surface area contributed by atoms with E-state index in [0.29, 0.717) is 0 Å². The number of aryl methyl sites for hydroxylation is 2. The molecule has 0 atom stereocenters. The summed E-state index contributed by atoms with van der Waals surface area (Å²) in [7, 11) is 0. The molecule has 0 aliphatic heterocycles. The van der Waals surface area contributed by atoms with E-state index in [-0.39, 0.29) is 0 Å². The van der Waals surface area contributed by atoms with Crippen LogP contribution in [0.5, 0.6) is 0 Å². The van der Waals surface area contributed by atoms with Crippen molar-refractivity contribution < 1.29 is 0 Å². The molecule has 0 saturated heterocycles. The number of hydrogen-bond donors (Lipinski definition) is 1. The SMILES string of the molecule is C=C(NCC(CC)CC)c1cc(C)cc(C)c1C. The third kappa shape index (κ3) is 3.63. The maximum Gasteiger partial charge on any atom is 0.0343 e. The van der Waals surface area contributed by atoms with Gasteiger partial charge in [0.25, 0.3) is 0 Å². The lowest BCUT2D eigenvalue weighted by molar-refractivity contribution is 0.481. The summed E-state index contributed by atoms with van der Waals surface area (Å²) in [5.41, 5.74) is 6.31. The van der Waals surface area contributed by atoms with Gasteiger partial charge >= 0.3 is 0 Å². The lowest BCUT2D eigenvalue weighted by Gasteiger charge is -2.18. The highest BCUT2D eigenvalue weighted by atomic mass is 14.9. The zero-order valence-electron chi connectivity index (χ0n) is 12.6. The lowest BCUT2D eigenvalue weighted by atomic mass is 9.97. The van der Waals surface area contributed by atoms with Crippen LogP contribution in [0.15, 0.2) is 18.7 Å². The van der Waals surface area contributed by atoms with Crippen LogP contribution in [0.4, 0.5) is 0 Å². The van der Waals surface area contributed by atoms with Gasteiger partial charge in [0, 0.05) is 17.8 Å². The van der Waals surface area contributed by atoms with Crippen molar-refractivity contribution >= 4 is 5.70 Å². The Balaban J connectivity index is 2.78. The quantitative estimate of drug-likeness (QED) is 0.772. The van der Waals surface area contributed by atoms with Crippen LogP contribution in [0.25, 0.3) is 5.70 Å². The van der Waals surface area contributed by atoms with Crippen LogP contribution < -0.4 is 5.32 Å². The van der Waals surface area contributed by atoms with Gasteiger partial charge in [0.1, 0.15) is 0 Å². The normalized spacial score (nSPS) is 10.8. The molecule has 0 aliphatic rings. The molecule has 1 N–H and O–H groups in total. The minimum absolute atomic E-state index is 0.743. The molecule has 0 amide bonds. The largest absolute Gasteiger partial charge is 0.385 e. The van der Waals surface area contributed by atoms with Gasteiger partial charge in [-0.3, -0.25) is 0 Å². The molecule has 0 unspecified atom stereocenters. The Kier molecular flexibility index (Phi) is 5.46. The maximum absolute atomic E-state index is 4.20. The number of benzene rings is 1. The summed E-state index contributed by atoms with van der Waals surface area (Å²) in [5.74, 6) is 0.743. The second-order valence-corrected chi connectivity index (χ2v) is 5.30. The summed E-state index contributed by atoms with van der Waals surface area (Å²) in [4.78, 5) is 0. The van der Waals surface area contributed by atoms with Crippen molar-refractivity contribution in [3.05, 3.63) is 41.0 Å². The third-order valence-corrected chi connectivity index (χ3v) is 3.90. The Morgan fingerprint density at radius 1 is 1.17 bits per heavy atom. The summed E-state index contributed by atoms with van der Waals surface area (Å²) in [5, 5.41) is 3.50. The molecule has 0 spiro atoms. The fourth-order valence-corrected chi connectivity index (χ4v) is 2.29. The van der Waals surface area contributed by atoms with Gasteiger partial charge in [-0.15, -0.1) is 0 Å². The molecule has 0 radical (unpaired) electrons. The van der Waals surface area contributed by atoms with E-state index >= 15 is 0 Å². The molecule has 0 bridgehead atoms. The average molecular weight is 245 g/mol. The Hall–Kier alpha value is -1.24. The zero-order valence-corrected chi connectivity index (χ0v) is 12.6. The summed E-state index contributed by atoms with van der Waals surface area (Å²) in [6.45, 7) is 16.2. The minimum Gasteiger partial charge on any atom is -0.385 e. The first kappa shape index (κ1) is 14.8. The zero-order chi connectivity index (χ0) is 13.7. The fraction of sp³-hybridized carbons (Fsp3) is 0.529. The van der Waals surface area contributed by atoms with Crippen molar-refractivity contribution in [3.8, 4) is 0 Å². The van der Waals surface area contributed by atoms with E-state index in [4.69, 9.17) is 0 Å².